The van der Waals surface area contributed by atoms with Crippen molar-refractivity contribution in [3.8, 4) is 0 Å². The largest absolute Gasteiger partial charge is 0.441 e. The third-order valence-corrected chi connectivity index (χ3v) is 49.2. The average molecular weight is 625 g/mol. The summed E-state index contributed by atoms with van der Waals surface area (Å²) in [5.41, 5.74) is 0. The summed E-state index contributed by atoms with van der Waals surface area (Å²) in [5.74, 6) is 0. The Bertz CT molecular complexity index is 949. The molecule has 4 heterocycles. The van der Waals surface area contributed by atoms with Crippen molar-refractivity contribution in [2.24, 2.45) is 0 Å². The van der Waals surface area contributed by atoms with Crippen LogP contribution in [0.5, 0.6) is 0 Å². The second kappa shape index (κ2) is 8.08. The van der Waals surface area contributed by atoms with Crippen LogP contribution in [0.4, 0.5) is 0 Å². The van der Waals surface area contributed by atoms with Crippen molar-refractivity contribution in [1.82, 2.24) is 0 Å². The molecule has 2 aromatic rings. The minimum atomic E-state index is -2.44. The Morgan fingerprint density at radius 1 is 0.793 bits per heavy atom. The SMILES string of the molecule is C[Si](C)(C)O[Si](C)(S1(Br)C=CC=C1c1cccs1)S1(Br)C=CC=C1c1cccs1. The molecule has 2 aromatic heterocycles. The van der Waals surface area contributed by atoms with E-state index >= 15 is 0 Å². The van der Waals surface area contributed by atoms with Crippen LogP contribution in [0.1, 0.15) is 9.75 Å². The molecule has 0 aromatic carbocycles. The molecule has 1 nitrogen and oxygen atoms in total. The Morgan fingerprint density at radius 3 is 1.59 bits per heavy atom. The second-order valence-electron chi connectivity index (χ2n) is 7.91. The maximum Gasteiger partial charge on any atom is 0.307 e. The molecule has 0 N–H and O–H groups in total. The van der Waals surface area contributed by atoms with E-state index in [0.29, 0.717) is 0 Å². The lowest BCUT2D eigenvalue weighted by Gasteiger charge is -2.56. The van der Waals surface area contributed by atoms with E-state index < -0.39 is 30.8 Å². The summed E-state index contributed by atoms with van der Waals surface area (Å²) in [6, 6.07) is 8.78. The normalized spacial score (nSPS) is 32.9. The molecular weight excluding hydrogens is 600 g/mol. The van der Waals surface area contributed by atoms with E-state index in [9.17, 15) is 0 Å². The number of allylic oxidation sites excluding steroid dienone is 4. The van der Waals surface area contributed by atoms with Crippen LogP contribution < -0.4 is 0 Å². The van der Waals surface area contributed by atoms with Gasteiger partial charge in [-0.25, -0.2) is 0 Å². The van der Waals surface area contributed by atoms with E-state index in [0.717, 1.165) is 0 Å². The molecule has 0 saturated heterocycles. The van der Waals surface area contributed by atoms with Gasteiger partial charge in [-0.3, -0.25) is 0 Å². The van der Waals surface area contributed by atoms with Gasteiger partial charge in [0.2, 0.25) is 0 Å². The molecule has 0 aliphatic carbocycles. The van der Waals surface area contributed by atoms with Gasteiger partial charge in [-0.15, -0.1) is 38.5 Å². The summed E-state index contributed by atoms with van der Waals surface area (Å²) in [7, 11) is -4.72. The summed E-state index contributed by atoms with van der Waals surface area (Å²) in [6.45, 7) is 7.00. The average Bonchev–Trinajstić information content (AvgIpc) is 3.40. The first kappa shape index (κ1) is 22.6. The minimum absolute atomic E-state index is 1.35. The molecule has 29 heavy (non-hydrogen) atoms. The number of rotatable bonds is 6. The third-order valence-electron chi connectivity index (χ3n) is 4.77. The van der Waals surface area contributed by atoms with Crippen molar-refractivity contribution in [2.75, 3.05) is 0 Å². The highest BCUT2D eigenvalue weighted by atomic mass is 79.9. The molecule has 9 heteroatoms. The number of hydrogen-bond donors (Lipinski definition) is 0. The van der Waals surface area contributed by atoms with Gasteiger partial charge in [-0.05, 0) is 102 Å². The van der Waals surface area contributed by atoms with Crippen LogP contribution in [0.15, 0.2) is 70.1 Å². The fourth-order valence-electron chi connectivity index (χ4n) is 3.61. The maximum absolute atomic E-state index is 7.34. The molecule has 0 spiro atoms. The zero-order valence-electron chi connectivity index (χ0n) is 16.7. The zero-order valence-corrected chi connectivity index (χ0v) is 25.2. The molecule has 4 rings (SSSR count). The summed E-state index contributed by atoms with van der Waals surface area (Å²) in [4.78, 5) is 5.52. The van der Waals surface area contributed by atoms with Crippen molar-refractivity contribution in [3.05, 3.63) is 79.9 Å². The number of thiophene rings is 2. The van der Waals surface area contributed by atoms with E-state index in [1.165, 1.54) is 19.6 Å². The molecule has 2 unspecified atom stereocenters. The second-order valence-corrected chi connectivity index (χ2v) is 39.3. The van der Waals surface area contributed by atoms with Crippen LogP contribution in [0, 0.1) is 0 Å². The van der Waals surface area contributed by atoms with E-state index in [4.69, 9.17) is 4.12 Å². The number of hydrogen-bond acceptors (Lipinski definition) is 3. The predicted molar refractivity (Wildman–Crippen MR) is 152 cm³/mol. The van der Waals surface area contributed by atoms with Crippen LogP contribution in [0.3, 0.4) is 0 Å². The molecule has 2 aliphatic rings. The smallest absolute Gasteiger partial charge is 0.307 e. The molecule has 0 radical (unpaired) electrons. The highest BCUT2D eigenvalue weighted by molar-refractivity contribution is 9.73. The lowest BCUT2D eigenvalue weighted by molar-refractivity contribution is 0.590. The lowest BCUT2D eigenvalue weighted by atomic mass is 10.4. The molecule has 0 amide bonds. The summed E-state index contributed by atoms with van der Waals surface area (Å²) < 4.78 is 7.34. The quantitative estimate of drug-likeness (QED) is 0.291. The van der Waals surface area contributed by atoms with Gasteiger partial charge < -0.3 is 4.12 Å². The number of halogens is 2. The van der Waals surface area contributed by atoms with Crippen LogP contribution >= 0.6 is 68.1 Å². The topological polar surface area (TPSA) is 9.23 Å². The van der Waals surface area contributed by atoms with Crippen LogP contribution in [0.2, 0.25) is 26.2 Å². The summed E-state index contributed by atoms with van der Waals surface area (Å²) in [5, 5.41) is 9.18. The molecule has 0 bridgehead atoms. The molecule has 2 atom stereocenters. The first-order chi connectivity index (χ1) is 13.6. The van der Waals surface area contributed by atoms with Gasteiger partial charge in [0.15, 0.2) is 8.32 Å². The molecule has 156 valence electrons. The van der Waals surface area contributed by atoms with Crippen molar-refractivity contribution >= 4 is 92.9 Å². The van der Waals surface area contributed by atoms with Crippen LogP contribution in [-0.4, -0.2) is 14.9 Å². The first-order valence-corrected chi connectivity index (χ1v) is 25.3. The highest BCUT2D eigenvalue weighted by Gasteiger charge is 2.62. The molecule has 0 fully saturated rings. The monoisotopic (exact) mass is 622 g/mol. The van der Waals surface area contributed by atoms with Gasteiger partial charge in [-0.1, -0.05) is 24.3 Å². The van der Waals surface area contributed by atoms with Gasteiger partial charge in [0, 0.05) is 19.6 Å². The van der Waals surface area contributed by atoms with Crippen molar-refractivity contribution in [1.29, 1.82) is 0 Å². The van der Waals surface area contributed by atoms with E-state index in [1.54, 1.807) is 0 Å². The van der Waals surface area contributed by atoms with Crippen molar-refractivity contribution < 1.29 is 4.12 Å². The van der Waals surface area contributed by atoms with Crippen molar-refractivity contribution in [2.45, 2.75) is 26.2 Å². The van der Waals surface area contributed by atoms with Crippen LogP contribution in [-0.2, 0) is 4.12 Å². The van der Waals surface area contributed by atoms with E-state index in [-0.39, 0.29) is 0 Å². The zero-order chi connectivity index (χ0) is 20.9. The molecular formula is C20H24Br2OS4Si2. The van der Waals surface area contributed by atoms with Gasteiger partial charge in [0.05, 0.1) is 0 Å². The standard InChI is InChI=1S/C20H24Br2OS4Si2/c1-28(2,3)23-29(4,26(21)15-7-11-19(26)17-9-5-13-24-17)27(22)16-8-12-20(27)18-10-6-14-25-18/h5-16H,1-4H3. The third kappa shape index (κ3) is 3.78. The van der Waals surface area contributed by atoms with Crippen molar-refractivity contribution in [3.63, 3.8) is 0 Å². The Labute approximate surface area is 201 Å². The Hall–Kier alpha value is 0.414. The Kier molecular flexibility index (Phi) is 6.30. The maximum atomic E-state index is 7.34. The van der Waals surface area contributed by atoms with E-state index in [1.807, 2.05) is 22.7 Å². The summed E-state index contributed by atoms with van der Waals surface area (Å²) >= 11 is 12.4. The first-order valence-electron chi connectivity index (χ1n) is 9.21. The highest BCUT2D eigenvalue weighted by Crippen LogP contribution is 2.90. The van der Waals surface area contributed by atoms with Gasteiger partial charge >= 0.3 is 6.62 Å². The Morgan fingerprint density at radius 2 is 1.24 bits per heavy atom. The van der Waals surface area contributed by atoms with Gasteiger partial charge in [0.25, 0.3) is 0 Å². The Balaban J connectivity index is 1.90. The van der Waals surface area contributed by atoms with Gasteiger partial charge in [0.1, 0.15) is 0 Å². The predicted octanol–water partition coefficient (Wildman–Crippen LogP) is 9.90. The molecule has 0 saturated carbocycles. The minimum Gasteiger partial charge on any atom is -0.441 e. The fraction of sp³-hybridized carbons (Fsp3) is 0.200. The summed E-state index contributed by atoms with van der Waals surface area (Å²) in [6.07, 6.45) is 9.08. The van der Waals surface area contributed by atoms with Crippen LogP contribution in [0.25, 0.3) is 9.81 Å². The van der Waals surface area contributed by atoms with E-state index in [2.05, 4.69) is 126 Å². The fourth-order valence-corrected chi connectivity index (χ4v) is 57.3. The van der Waals surface area contributed by atoms with Gasteiger partial charge in [-0.2, -0.15) is 0 Å². The lowest BCUT2D eigenvalue weighted by Crippen LogP contribution is -2.48. The molecule has 2 aliphatic heterocycles.